The molecule has 0 radical (unpaired) electrons. The molecular weight excluding hydrogens is 591 g/mol. The third kappa shape index (κ3) is 6.76. The average molecular weight is 613 g/mol. The monoisotopic (exact) mass is 612 g/mol. The first kappa shape index (κ1) is 31.0. The summed E-state index contributed by atoms with van der Waals surface area (Å²) in [5.41, 5.74) is 2.54. The molecule has 0 aliphatic carbocycles. The second-order valence-electron chi connectivity index (χ2n) is 9.17. The fourth-order valence-corrected chi connectivity index (χ4v) is 4.75. The fourth-order valence-electron chi connectivity index (χ4n) is 4.58. The topological polar surface area (TPSA) is 55.5 Å². The molecule has 1 aliphatic heterocycles. The summed E-state index contributed by atoms with van der Waals surface area (Å²) in [6, 6.07) is 11.0. The van der Waals surface area contributed by atoms with Crippen molar-refractivity contribution in [3.05, 3.63) is 100 Å². The van der Waals surface area contributed by atoms with E-state index in [-0.39, 0.29) is 16.7 Å². The number of hydrazine groups is 3. The van der Waals surface area contributed by atoms with Crippen molar-refractivity contribution in [2.45, 2.75) is 42.8 Å². The van der Waals surface area contributed by atoms with Gasteiger partial charge in [-0.15, -0.1) is 5.12 Å². The van der Waals surface area contributed by atoms with Crippen LogP contribution in [0.5, 0.6) is 0 Å². The predicted octanol–water partition coefficient (Wildman–Crippen LogP) is 6.32. The second-order valence-corrected chi connectivity index (χ2v) is 9.52. The Hall–Kier alpha value is -2.95. The number of halogens is 10. The molecule has 0 bridgehead atoms. The van der Waals surface area contributed by atoms with Gasteiger partial charge in [0.2, 0.25) is 0 Å². The van der Waals surface area contributed by atoms with Gasteiger partial charge in [0.25, 0.3) is 0 Å². The number of aromatic nitrogens is 1. The van der Waals surface area contributed by atoms with E-state index in [1.807, 2.05) is 0 Å². The van der Waals surface area contributed by atoms with E-state index in [9.17, 15) is 39.5 Å². The first-order chi connectivity index (χ1) is 19.0. The molecule has 1 aromatic heterocycles. The second kappa shape index (κ2) is 11.4. The summed E-state index contributed by atoms with van der Waals surface area (Å²) < 4.78 is 127. The summed E-state index contributed by atoms with van der Waals surface area (Å²) in [4.78, 5) is 3.47. The Labute approximate surface area is 233 Å². The Morgan fingerprint density at radius 2 is 1.41 bits per heavy atom. The number of nitrogens with one attached hydrogen (secondary N) is 3. The van der Waals surface area contributed by atoms with E-state index >= 15 is 0 Å². The van der Waals surface area contributed by atoms with Crippen LogP contribution in [0, 0.1) is 0 Å². The van der Waals surface area contributed by atoms with Crippen LogP contribution in [0.4, 0.5) is 39.5 Å². The zero-order chi connectivity index (χ0) is 30.2. The van der Waals surface area contributed by atoms with Crippen LogP contribution in [-0.4, -0.2) is 40.4 Å². The van der Waals surface area contributed by atoms with Crippen LogP contribution in [0.25, 0.3) is 0 Å². The van der Waals surface area contributed by atoms with Crippen molar-refractivity contribution in [3.63, 3.8) is 0 Å². The number of pyridine rings is 1. The van der Waals surface area contributed by atoms with Gasteiger partial charge in [-0.25, -0.2) is 15.8 Å². The standard InChI is InChI=1S/C25H22ClF9N6/c1-40-38-25(19(23(30,31)32)15-8-4-2-5-9-15,37-13-17-12-18(22(27,28)29)14-36-21(17)26)39-41(40)20(24(33,34)35)16-10-6-3-7-11-16/h2-12,14,19-20,37-39H,13H2,1H3. The van der Waals surface area contributed by atoms with Gasteiger partial charge < -0.3 is 0 Å². The Bertz CT molecular complexity index is 1320. The van der Waals surface area contributed by atoms with E-state index in [1.165, 1.54) is 36.4 Å². The van der Waals surface area contributed by atoms with Crippen LogP contribution >= 0.6 is 11.6 Å². The summed E-state index contributed by atoms with van der Waals surface area (Å²) in [5, 5.41) is 3.17. The first-order valence-electron chi connectivity index (χ1n) is 11.8. The average Bonchev–Trinajstić information content (AvgIpc) is 3.18. The van der Waals surface area contributed by atoms with Crippen LogP contribution in [-0.2, 0) is 12.7 Å². The van der Waals surface area contributed by atoms with Crippen molar-refractivity contribution in [2.75, 3.05) is 7.05 Å². The molecule has 3 aromatic rings. The van der Waals surface area contributed by atoms with Crippen LogP contribution < -0.4 is 16.2 Å². The van der Waals surface area contributed by atoms with Gasteiger partial charge in [-0.05, 0) is 17.2 Å². The minimum atomic E-state index is -5.08. The highest BCUT2D eigenvalue weighted by atomic mass is 35.5. The lowest BCUT2D eigenvalue weighted by atomic mass is 9.91. The molecular formula is C25H22ClF9N6. The van der Waals surface area contributed by atoms with Crippen molar-refractivity contribution in [1.82, 2.24) is 31.4 Å². The first-order valence-corrected chi connectivity index (χ1v) is 12.2. The number of nitrogens with zero attached hydrogens (tertiary/aromatic N) is 3. The predicted molar refractivity (Wildman–Crippen MR) is 130 cm³/mol. The summed E-state index contributed by atoms with van der Waals surface area (Å²) in [6.07, 6.45) is -14.4. The highest BCUT2D eigenvalue weighted by Gasteiger charge is 2.61. The minimum Gasteiger partial charge on any atom is -0.280 e. The molecule has 0 saturated carbocycles. The van der Waals surface area contributed by atoms with Gasteiger partial charge in [-0.1, -0.05) is 72.3 Å². The zero-order valence-corrected chi connectivity index (χ0v) is 21.7. The molecule has 0 spiro atoms. The Kier molecular flexibility index (Phi) is 8.60. The van der Waals surface area contributed by atoms with Gasteiger partial charge in [-0.3, -0.25) is 5.32 Å². The van der Waals surface area contributed by atoms with E-state index in [2.05, 4.69) is 21.2 Å². The molecule has 3 N–H and O–H groups in total. The molecule has 16 heteroatoms. The third-order valence-corrected chi connectivity index (χ3v) is 6.65. The maximum Gasteiger partial charge on any atom is 0.417 e. The number of hydrogen-bond donors (Lipinski definition) is 3. The van der Waals surface area contributed by atoms with Crippen molar-refractivity contribution in [3.8, 4) is 0 Å². The van der Waals surface area contributed by atoms with Gasteiger partial charge >= 0.3 is 18.5 Å². The Morgan fingerprint density at radius 1 is 0.854 bits per heavy atom. The largest absolute Gasteiger partial charge is 0.417 e. The molecule has 222 valence electrons. The van der Waals surface area contributed by atoms with Crippen LogP contribution in [0.1, 0.15) is 34.2 Å². The highest BCUT2D eigenvalue weighted by molar-refractivity contribution is 6.30. The number of benzene rings is 2. The van der Waals surface area contributed by atoms with E-state index in [1.54, 1.807) is 0 Å². The molecule has 1 aliphatic rings. The maximum atomic E-state index is 14.8. The smallest absolute Gasteiger partial charge is 0.280 e. The van der Waals surface area contributed by atoms with Crippen molar-refractivity contribution in [1.29, 1.82) is 0 Å². The lowest BCUT2D eigenvalue weighted by Crippen LogP contribution is -2.68. The van der Waals surface area contributed by atoms with E-state index in [0.717, 1.165) is 31.3 Å². The quantitative estimate of drug-likeness (QED) is 0.215. The zero-order valence-electron chi connectivity index (χ0n) is 20.9. The molecule has 41 heavy (non-hydrogen) atoms. The number of hydrogen-bond acceptors (Lipinski definition) is 6. The van der Waals surface area contributed by atoms with Crippen molar-refractivity contribution >= 4 is 11.6 Å². The molecule has 2 heterocycles. The molecule has 4 rings (SSSR count). The minimum absolute atomic E-state index is 0.287. The molecule has 0 amide bonds. The number of rotatable bonds is 7. The Balaban J connectivity index is 1.82. The molecule has 3 atom stereocenters. The van der Waals surface area contributed by atoms with E-state index in [4.69, 9.17) is 11.6 Å². The molecule has 3 unspecified atom stereocenters. The maximum absolute atomic E-state index is 14.8. The Morgan fingerprint density at radius 3 is 1.93 bits per heavy atom. The van der Waals surface area contributed by atoms with E-state index in [0.29, 0.717) is 22.5 Å². The SMILES string of the molecule is CN1NC(NCc2cc(C(F)(F)F)cnc2Cl)(C(c2ccccc2)C(F)(F)F)NN1C(c1ccccc1)C(F)(F)F. The molecule has 6 nitrogen and oxygen atoms in total. The molecule has 1 fully saturated rings. The number of alkyl halides is 9. The summed E-state index contributed by atoms with van der Waals surface area (Å²) in [6.45, 7) is -0.751. The molecule has 2 aromatic carbocycles. The third-order valence-electron chi connectivity index (χ3n) is 6.31. The van der Waals surface area contributed by atoms with Gasteiger partial charge in [0.05, 0.1) is 5.56 Å². The summed E-state index contributed by atoms with van der Waals surface area (Å²) in [7, 11) is 1.06. The summed E-state index contributed by atoms with van der Waals surface area (Å²) in [5.74, 6) is -5.21. The fraction of sp³-hybridized carbons (Fsp3) is 0.320. The van der Waals surface area contributed by atoms with Gasteiger partial charge in [0, 0.05) is 25.4 Å². The van der Waals surface area contributed by atoms with Gasteiger partial charge in [0.1, 0.15) is 11.1 Å². The van der Waals surface area contributed by atoms with Crippen LogP contribution in [0.15, 0.2) is 72.9 Å². The lowest BCUT2D eigenvalue weighted by Gasteiger charge is -2.39. The van der Waals surface area contributed by atoms with Crippen molar-refractivity contribution < 1.29 is 39.5 Å². The summed E-state index contributed by atoms with van der Waals surface area (Å²) >= 11 is 5.96. The van der Waals surface area contributed by atoms with Crippen molar-refractivity contribution in [2.24, 2.45) is 0 Å². The van der Waals surface area contributed by atoms with Gasteiger partial charge in [-0.2, -0.15) is 44.6 Å². The van der Waals surface area contributed by atoms with Crippen LogP contribution in [0.3, 0.4) is 0 Å². The highest BCUT2D eigenvalue weighted by Crippen LogP contribution is 2.45. The molecule has 1 saturated heterocycles. The van der Waals surface area contributed by atoms with Gasteiger partial charge in [0.15, 0.2) is 11.8 Å². The lowest BCUT2D eigenvalue weighted by molar-refractivity contribution is -0.230. The van der Waals surface area contributed by atoms with E-state index < -0.39 is 53.5 Å². The van der Waals surface area contributed by atoms with Crippen LogP contribution in [0.2, 0.25) is 5.15 Å². The normalized spacial score (nSPS) is 20.8.